The summed E-state index contributed by atoms with van der Waals surface area (Å²) in [7, 11) is 0. The highest BCUT2D eigenvalue weighted by Crippen LogP contribution is 2.32. The molecule has 30 heavy (non-hydrogen) atoms. The summed E-state index contributed by atoms with van der Waals surface area (Å²) in [5.74, 6) is 0.773. The van der Waals surface area contributed by atoms with Crippen molar-refractivity contribution in [2.24, 2.45) is 0 Å². The Kier molecular flexibility index (Phi) is 4.93. The second kappa shape index (κ2) is 7.32. The minimum absolute atomic E-state index is 0.0491. The second-order valence-corrected chi connectivity index (χ2v) is 9.92. The predicted molar refractivity (Wildman–Crippen MR) is 126 cm³/mol. The van der Waals surface area contributed by atoms with Crippen molar-refractivity contribution in [1.29, 1.82) is 0 Å². The highest BCUT2D eigenvalue weighted by atomic mass is 14.9. The van der Waals surface area contributed by atoms with Crippen LogP contribution in [-0.2, 0) is 10.8 Å². The molecular weight excluding hydrogens is 366 g/mol. The summed E-state index contributed by atoms with van der Waals surface area (Å²) in [6.45, 7) is 13.2. The number of aromatic nitrogens is 3. The molecule has 4 aromatic rings. The number of rotatable bonds is 2. The highest BCUT2D eigenvalue weighted by Gasteiger charge is 2.23. The highest BCUT2D eigenvalue weighted by molar-refractivity contribution is 5.94. The van der Waals surface area contributed by atoms with Crippen molar-refractivity contribution in [2.75, 3.05) is 0 Å². The summed E-state index contributed by atoms with van der Waals surface area (Å²) in [4.78, 5) is 14.6. The van der Waals surface area contributed by atoms with Crippen LogP contribution < -0.4 is 0 Å². The van der Waals surface area contributed by atoms with Gasteiger partial charge in [-0.05, 0) is 23.6 Å². The molecule has 2 heterocycles. The largest absolute Gasteiger partial charge is 0.256 e. The van der Waals surface area contributed by atoms with Crippen molar-refractivity contribution in [3.8, 4) is 22.6 Å². The standard InChI is InChI=1S/C27H29N3/c1-26(2,3)22-17-23(27(4,5)6)30-25(29-22)20-12-9-11-19(16-20)24-21-13-8-7-10-18(21)14-15-28-24/h7-17H,1-6H3. The molecule has 0 amide bonds. The summed E-state index contributed by atoms with van der Waals surface area (Å²) < 4.78 is 0. The SMILES string of the molecule is CC(C)(C)c1cc(C(C)(C)C)nc(-c2cccc(-c3nccc4ccccc34)c2)n1. The van der Waals surface area contributed by atoms with Gasteiger partial charge in [0.05, 0.1) is 17.1 Å². The van der Waals surface area contributed by atoms with Gasteiger partial charge in [-0.15, -0.1) is 0 Å². The van der Waals surface area contributed by atoms with Crippen LogP contribution in [0.4, 0.5) is 0 Å². The maximum absolute atomic E-state index is 4.95. The molecule has 0 N–H and O–H groups in total. The van der Waals surface area contributed by atoms with E-state index in [0.29, 0.717) is 0 Å². The summed E-state index contributed by atoms with van der Waals surface area (Å²) in [6, 6.07) is 21.0. The number of nitrogens with zero attached hydrogens (tertiary/aromatic N) is 3. The zero-order chi connectivity index (χ0) is 21.5. The molecule has 3 nitrogen and oxygen atoms in total. The Morgan fingerprint density at radius 1 is 0.633 bits per heavy atom. The average molecular weight is 396 g/mol. The van der Waals surface area contributed by atoms with Crippen LogP contribution in [0.25, 0.3) is 33.4 Å². The summed E-state index contributed by atoms with van der Waals surface area (Å²) >= 11 is 0. The summed E-state index contributed by atoms with van der Waals surface area (Å²) in [5.41, 5.74) is 5.10. The van der Waals surface area contributed by atoms with Crippen LogP contribution >= 0.6 is 0 Å². The third-order valence-electron chi connectivity index (χ3n) is 5.33. The van der Waals surface area contributed by atoms with Gasteiger partial charge in [0.15, 0.2) is 5.82 Å². The van der Waals surface area contributed by atoms with E-state index in [1.54, 1.807) is 0 Å². The van der Waals surface area contributed by atoms with E-state index in [0.717, 1.165) is 39.4 Å². The molecule has 0 atom stereocenters. The monoisotopic (exact) mass is 395 g/mol. The van der Waals surface area contributed by atoms with Crippen LogP contribution in [0.1, 0.15) is 52.9 Å². The first-order valence-electron chi connectivity index (χ1n) is 10.5. The lowest BCUT2D eigenvalue weighted by molar-refractivity contribution is 0.539. The Balaban J connectivity index is 1.89. The van der Waals surface area contributed by atoms with Gasteiger partial charge in [0, 0.05) is 33.5 Å². The van der Waals surface area contributed by atoms with Gasteiger partial charge in [-0.3, -0.25) is 4.98 Å². The van der Waals surface area contributed by atoms with Crippen molar-refractivity contribution < 1.29 is 0 Å². The second-order valence-electron chi connectivity index (χ2n) is 9.92. The van der Waals surface area contributed by atoms with Gasteiger partial charge >= 0.3 is 0 Å². The van der Waals surface area contributed by atoms with E-state index in [-0.39, 0.29) is 10.8 Å². The van der Waals surface area contributed by atoms with Gasteiger partial charge in [0.25, 0.3) is 0 Å². The van der Waals surface area contributed by atoms with E-state index in [1.165, 1.54) is 5.39 Å². The number of hydrogen-bond donors (Lipinski definition) is 0. The van der Waals surface area contributed by atoms with Gasteiger partial charge < -0.3 is 0 Å². The van der Waals surface area contributed by atoms with Gasteiger partial charge in [-0.2, -0.15) is 0 Å². The Bertz CT molecular complexity index is 1170. The minimum Gasteiger partial charge on any atom is -0.256 e. The molecule has 0 radical (unpaired) electrons. The quantitative estimate of drug-likeness (QED) is 0.368. The van der Waals surface area contributed by atoms with Crippen LogP contribution in [0, 0.1) is 0 Å². The smallest absolute Gasteiger partial charge is 0.159 e. The molecule has 0 saturated heterocycles. The lowest BCUT2D eigenvalue weighted by Crippen LogP contribution is -2.20. The van der Waals surface area contributed by atoms with Crippen molar-refractivity contribution in [3.05, 3.63) is 78.2 Å². The van der Waals surface area contributed by atoms with Crippen LogP contribution in [0.3, 0.4) is 0 Å². The first-order chi connectivity index (χ1) is 14.1. The Morgan fingerprint density at radius 2 is 1.27 bits per heavy atom. The van der Waals surface area contributed by atoms with Crippen molar-refractivity contribution >= 4 is 10.8 Å². The van der Waals surface area contributed by atoms with E-state index in [2.05, 4.69) is 101 Å². The third kappa shape index (κ3) is 3.97. The Morgan fingerprint density at radius 3 is 1.93 bits per heavy atom. The summed E-state index contributed by atoms with van der Waals surface area (Å²) in [6.07, 6.45) is 1.87. The van der Waals surface area contributed by atoms with Gasteiger partial charge in [0.1, 0.15) is 0 Å². The summed E-state index contributed by atoms with van der Waals surface area (Å²) in [5, 5.41) is 2.34. The van der Waals surface area contributed by atoms with Crippen LogP contribution in [0.15, 0.2) is 66.9 Å². The van der Waals surface area contributed by atoms with Crippen molar-refractivity contribution in [3.63, 3.8) is 0 Å². The molecule has 2 aromatic heterocycles. The number of hydrogen-bond acceptors (Lipinski definition) is 3. The molecule has 0 aliphatic heterocycles. The fraction of sp³-hybridized carbons (Fsp3) is 0.296. The first-order valence-corrected chi connectivity index (χ1v) is 10.5. The molecule has 4 rings (SSSR count). The fourth-order valence-corrected chi connectivity index (χ4v) is 3.50. The number of pyridine rings is 1. The molecule has 0 unspecified atom stereocenters. The molecule has 0 fully saturated rings. The van der Waals surface area contributed by atoms with Gasteiger partial charge in [0.2, 0.25) is 0 Å². The maximum atomic E-state index is 4.95. The maximum Gasteiger partial charge on any atom is 0.159 e. The van der Waals surface area contributed by atoms with E-state index in [4.69, 9.17) is 9.97 Å². The molecule has 0 aliphatic rings. The normalized spacial score (nSPS) is 12.3. The number of fused-ring (bicyclic) bond motifs is 1. The topological polar surface area (TPSA) is 38.7 Å². The van der Waals surface area contributed by atoms with E-state index < -0.39 is 0 Å². The fourth-order valence-electron chi connectivity index (χ4n) is 3.50. The average Bonchev–Trinajstić information content (AvgIpc) is 2.72. The molecule has 0 aliphatic carbocycles. The molecule has 152 valence electrons. The Hall–Kier alpha value is -3.07. The molecule has 3 heteroatoms. The molecule has 0 bridgehead atoms. The van der Waals surface area contributed by atoms with Gasteiger partial charge in [-0.1, -0.05) is 84.0 Å². The zero-order valence-electron chi connectivity index (χ0n) is 18.7. The third-order valence-corrected chi connectivity index (χ3v) is 5.33. The Labute approximate surface area is 179 Å². The molecule has 0 saturated carbocycles. The van der Waals surface area contributed by atoms with Crippen molar-refractivity contribution in [2.45, 2.75) is 52.4 Å². The first kappa shape index (κ1) is 20.2. The zero-order valence-corrected chi connectivity index (χ0v) is 18.7. The lowest BCUT2D eigenvalue weighted by atomic mass is 9.86. The van der Waals surface area contributed by atoms with E-state index >= 15 is 0 Å². The lowest BCUT2D eigenvalue weighted by Gasteiger charge is -2.24. The van der Waals surface area contributed by atoms with Crippen LogP contribution in [0.2, 0.25) is 0 Å². The van der Waals surface area contributed by atoms with Crippen LogP contribution in [0.5, 0.6) is 0 Å². The minimum atomic E-state index is -0.0491. The predicted octanol–water partition coefficient (Wildman–Crippen LogP) is 6.95. The molecular formula is C27H29N3. The molecule has 0 spiro atoms. The van der Waals surface area contributed by atoms with Crippen molar-refractivity contribution in [1.82, 2.24) is 15.0 Å². The number of benzene rings is 2. The molecule has 2 aromatic carbocycles. The van der Waals surface area contributed by atoms with Crippen LogP contribution in [-0.4, -0.2) is 15.0 Å². The van der Waals surface area contributed by atoms with Gasteiger partial charge in [-0.25, -0.2) is 9.97 Å². The van der Waals surface area contributed by atoms with E-state index in [1.807, 2.05) is 12.3 Å². The van der Waals surface area contributed by atoms with E-state index in [9.17, 15) is 0 Å².